The summed E-state index contributed by atoms with van der Waals surface area (Å²) in [5.74, 6) is 1.61. The zero-order chi connectivity index (χ0) is 24.3. The lowest BCUT2D eigenvalue weighted by Crippen LogP contribution is -2.45. The standard InChI is InChI=1S/C24H34N4O5/c1-16(2)27-21(15-22(29)28(17(3)4)24(27)31)25-8-7-9-26(11-10-25)23(30)18-12-19(32-5)14-20(13-18)33-6/h12-17H,7-11H2,1-6H3. The van der Waals surface area contributed by atoms with Crippen molar-refractivity contribution in [3.8, 4) is 11.5 Å². The smallest absolute Gasteiger partial charge is 0.333 e. The lowest BCUT2D eigenvalue weighted by Gasteiger charge is -2.29. The molecule has 0 radical (unpaired) electrons. The third-order valence-corrected chi connectivity index (χ3v) is 5.89. The normalized spacial score (nSPS) is 14.5. The fourth-order valence-corrected chi connectivity index (χ4v) is 4.23. The number of hydrogen-bond donors (Lipinski definition) is 0. The summed E-state index contributed by atoms with van der Waals surface area (Å²) in [6.07, 6.45) is 0.715. The zero-order valence-electron chi connectivity index (χ0n) is 20.3. The first-order valence-electron chi connectivity index (χ1n) is 11.3. The van der Waals surface area contributed by atoms with Crippen LogP contribution in [0.2, 0.25) is 0 Å². The summed E-state index contributed by atoms with van der Waals surface area (Å²) in [7, 11) is 3.10. The van der Waals surface area contributed by atoms with Gasteiger partial charge < -0.3 is 19.3 Å². The minimum Gasteiger partial charge on any atom is -0.497 e. The van der Waals surface area contributed by atoms with Gasteiger partial charge in [-0.1, -0.05) is 0 Å². The molecule has 180 valence electrons. The number of nitrogens with zero attached hydrogens (tertiary/aromatic N) is 4. The zero-order valence-corrected chi connectivity index (χ0v) is 20.3. The summed E-state index contributed by atoms with van der Waals surface area (Å²) < 4.78 is 13.5. The second kappa shape index (κ2) is 10.1. The van der Waals surface area contributed by atoms with E-state index in [-0.39, 0.29) is 29.2 Å². The van der Waals surface area contributed by atoms with Gasteiger partial charge in [-0.25, -0.2) is 4.79 Å². The van der Waals surface area contributed by atoms with Crippen molar-refractivity contribution >= 4 is 11.7 Å². The molecule has 2 heterocycles. The molecule has 0 atom stereocenters. The largest absolute Gasteiger partial charge is 0.497 e. The van der Waals surface area contributed by atoms with Crippen molar-refractivity contribution in [3.05, 3.63) is 50.7 Å². The molecule has 1 saturated heterocycles. The van der Waals surface area contributed by atoms with Crippen LogP contribution in [-0.4, -0.2) is 60.3 Å². The lowest BCUT2D eigenvalue weighted by molar-refractivity contribution is 0.0766. The maximum atomic E-state index is 13.2. The van der Waals surface area contributed by atoms with Crippen LogP contribution >= 0.6 is 0 Å². The minimum absolute atomic E-state index is 0.106. The number of ether oxygens (including phenoxy) is 2. The molecule has 1 aliphatic heterocycles. The topological polar surface area (TPSA) is 86.0 Å². The van der Waals surface area contributed by atoms with Crippen LogP contribution in [0.5, 0.6) is 11.5 Å². The van der Waals surface area contributed by atoms with Crippen molar-refractivity contribution in [2.75, 3.05) is 45.3 Å². The van der Waals surface area contributed by atoms with E-state index in [1.54, 1.807) is 48.0 Å². The molecule has 1 amide bonds. The minimum atomic E-state index is -0.303. The van der Waals surface area contributed by atoms with Crippen molar-refractivity contribution in [1.82, 2.24) is 14.0 Å². The first kappa shape index (κ1) is 24.4. The second-order valence-corrected chi connectivity index (χ2v) is 8.78. The second-order valence-electron chi connectivity index (χ2n) is 8.78. The molecule has 0 N–H and O–H groups in total. The van der Waals surface area contributed by atoms with Gasteiger partial charge in [0.1, 0.15) is 17.3 Å². The quantitative estimate of drug-likeness (QED) is 0.661. The molecular weight excluding hydrogens is 424 g/mol. The van der Waals surface area contributed by atoms with Crippen molar-refractivity contribution in [2.24, 2.45) is 0 Å². The Labute approximate surface area is 194 Å². The number of benzene rings is 1. The molecular formula is C24H34N4O5. The Kier molecular flexibility index (Phi) is 7.50. The van der Waals surface area contributed by atoms with Gasteiger partial charge in [0.15, 0.2) is 0 Å². The highest BCUT2D eigenvalue weighted by molar-refractivity contribution is 5.95. The van der Waals surface area contributed by atoms with Crippen LogP contribution in [0.15, 0.2) is 33.9 Å². The highest BCUT2D eigenvalue weighted by atomic mass is 16.5. The van der Waals surface area contributed by atoms with Gasteiger partial charge in [0.05, 0.1) is 14.2 Å². The fraction of sp³-hybridized carbons (Fsp3) is 0.542. The van der Waals surface area contributed by atoms with E-state index in [2.05, 4.69) is 0 Å². The van der Waals surface area contributed by atoms with E-state index in [1.165, 1.54) is 4.57 Å². The maximum Gasteiger partial charge on any atom is 0.333 e. The van der Waals surface area contributed by atoms with E-state index >= 15 is 0 Å². The number of carbonyl (C=O) groups is 1. The lowest BCUT2D eigenvalue weighted by atomic mass is 10.1. The van der Waals surface area contributed by atoms with E-state index in [9.17, 15) is 14.4 Å². The molecule has 1 aromatic carbocycles. The number of methoxy groups -OCH3 is 2. The fourth-order valence-electron chi connectivity index (χ4n) is 4.23. The molecule has 1 aliphatic rings. The summed E-state index contributed by atoms with van der Waals surface area (Å²) in [6.45, 7) is 9.73. The summed E-state index contributed by atoms with van der Waals surface area (Å²) in [5.41, 5.74) is -0.107. The number of rotatable bonds is 6. The summed E-state index contributed by atoms with van der Waals surface area (Å²) in [5, 5.41) is 0. The Morgan fingerprint density at radius 3 is 1.97 bits per heavy atom. The van der Waals surface area contributed by atoms with Crippen LogP contribution in [0.4, 0.5) is 5.82 Å². The predicted octanol–water partition coefficient (Wildman–Crippen LogP) is 2.54. The average molecular weight is 459 g/mol. The van der Waals surface area contributed by atoms with Gasteiger partial charge in [0.2, 0.25) is 0 Å². The van der Waals surface area contributed by atoms with Crippen LogP contribution < -0.4 is 25.6 Å². The van der Waals surface area contributed by atoms with E-state index < -0.39 is 0 Å². The Morgan fingerprint density at radius 2 is 1.42 bits per heavy atom. The van der Waals surface area contributed by atoms with E-state index in [4.69, 9.17) is 9.47 Å². The number of anilines is 1. The van der Waals surface area contributed by atoms with E-state index in [1.807, 2.05) is 32.6 Å². The van der Waals surface area contributed by atoms with Gasteiger partial charge in [0, 0.05) is 56.0 Å². The Bertz CT molecular complexity index is 1100. The van der Waals surface area contributed by atoms with Crippen molar-refractivity contribution in [3.63, 3.8) is 0 Å². The molecule has 3 rings (SSSR count). The van der Waals surface area contributed by atoms with Crippen LogP contribution in [-0.2, 0) is 0 Å². The Balaban J connectivity index is 1.89. The van der Waals surface area contributed by atoms with Gasteiger partial charge in [0.25, 0.3) is 11.5 Å². The van der Waals surface area contributed by atoms with Crippen LogP contribution in [0.25, 0.3) is 0 Å². The highest BCUT2D eigenvalue weighted by Crippen LogP contribution is 2.24. The molecule has 1 fully saturated rings. The number of hydrogen-bond acceptors (Lipinski definition) is 6. The van der Waals surface area contributed by atoms with Crippen LogP contribution in [0, 0.1) is 0 Å². The first-order valence-corrected chi connectivity index (χ1v) is 11.3. The first-order chi connectivity index (χ1) is 15.7. The summed E-state index contributed by atoms with van der Waals surface area (Å²) in [4.78, 5) is 42.9. The molecule has 0 saturated carbocycles. The SMILES string of the molecule is COc1cc(OC)cc(C(=O)N2CCCN(c3cc(=O)n(C(C)C)c(=O)n3C(C)C)CC2)c1. The number of amides is 1. The Morgan fingerprint density at radius 1 is 0.818 bits per heavy atom. The molecule has 2 aromatic rings. The van der Waals surface area contributed by atoms with Gasteiger partial charge in [-0.15, -0.1) is 0 Å². The summed E-state index contributed by atoms with van der Waals surface area (Å²) in [6, 6.07) is 6.35. The third-order valence-electron chi connectivity index (χ3n) is 5.89. The van der Waals surface area contributed by atoms with Gasteiger partial charge >= 0.3 is 5.69 Å². The van der Waals surface area contributed by atoms with Gasteiger partial charge in [-0.2, -0.15) is 0 Å². The highest BCUT2D eigenvalue weighted by Gasteiger charge is 2.25. The number of carbonyl (C=O) groups excluding carboxylic acids is 1. The third kappa shape index (κ3) is 5.07. The van der Waals surface area contributed by atoms with Gasteiger partial charge in [-0.05, 0) is 46.2 Å². The molecule has 33 heavy (non-hydrogen) atoms. The Hall–Kier alpha value is -3.23. The van der Waals surface area contributed by atoms with Crippen molar-refractivity contribution in [1.29, 1.82) is 0 Å². The summed E-state index contributed by atoms with van der Waals surface area (Å²) >= 11 is 0. The van der Waals surface area contributed by atoms with Crippen molar-refractivity contribution < 1.29 is 14.3 Å². The molecule has 0 unspecified atom stereocenters. The average Bonchev–Trinajstić information content (AvgIpc) is 3.03. The van der Waals surface area contributed by atoms with Crippen LogP contribution in [0.1, 0.15) is 56.6 Å². The van der Waals surface area contributed by atoms with E-state index in [0.717, 1.165) is 0 Å². The number of aromatic nitrogens is 2. The predicted molar refractivity (Wildman–Crippen MR) is 128 cm³/mol. The van der Waals surface area contributed by atoms with Crippen molar-refractivity contribution in [2.45, 2.75) is 46.2 Å². The molecule has 0 bridgehead atoms. The molecule has 9 heteroatoms. The maximum absolute atomic E-state index is 13.2. The monoisotopic (exact) mass is 458 g/mol. The van der Waals surface area contributed by atoms with Gasteiger partial charge in [-0.3, -0.25) is 18.7 Å². The molecule has 0 aliphatic carbocycles. The van der Waals surface area contributed by atoms with E-state index in [0.29, 0.717) is 55.5 Å². The molecule has 9 nitrogen and oxygen atoms in total. The molecule has 0 spiro atoms. The molecule has 1 aromatic heterocycles. The van der Waals surface area contributed by atoms with Crippen LogP contribution in [0.3, 0.4) is 0 Å².